The standard InChI is InChI=1S/C16H12O5/c17-11-3-1-4-12(7-11)20-8-10-9-21-14-6-2-5-13(15(10)14)16(18)19/h1-7,9,17H,8H2,(H,18,19). The molecule has 0 atom stereocenters. The lowest BCUT2D eigenvalue weighted by molar-refractivity contribution is 0.0699. The number of rotatable bonds is 4. The fourth-order valence-electron chi connectivity index (χ4n) is 2.17. The van der Waals surface area contributed by atoms with Crippen LogP contribution in [0.4, 0.5) is 0 Å². The van der Waals surface area contributed by atoms with Gasteiger partial charge in [0.1, 0.15) is 23.7 Å². The van der Waals surface area contributed by atoms with Gasteiger partial charge in [-0.25, -0.2) is 4.79 Å². The minimum atomic E-state index is -1.01. The van der Waals surface area contributed by atoms with E-state index in [0.29, 0.717) is 22.3 Å². The van der Waals surface area contributed by atoms with E-state index in [0.717, 1.165) is 0 Å². The number of carboxylic acid groups (broad SMARTS) is 1. The number of fused-ring (bicyclic) bond motifs is 1. The summed E-state index contributed by atoms with van der Waals surface area (Å²) >= 11 is 0. The molecule has 3 aromatic rings. The summed E-state index contributed by atoms with van der Waals surface area (Å²) in [6.07, 6.45) is 1.49. The van der Waals surface area contributed by atoms with Gasteiger partial charge in [-0.15, -0.1) is 0 Å². The third-order valence-electron chi connectivity index (χ3n) is 3.12. The third-order valence-corrected chi connectivity index (χ3v) is 3.12. The Hall–Kier alpha value is -2.95. The van der Waals surface area contributed by atoms with Gasteiger partial charge in [0.05, 0.1) is 11.8 Å². The van der Waals surface area contributed by atoms with Crippen LogP contribution in [0.1, 0.15) is 15.9 Å². The summed E-state index contributed by atoms with van der Waals surface area (Å²) in [6.45, 7) is 0.154. The zero-order chi connectivity index (χ0) is 14.8. The highest BCUT2D eigenvalue weighted by molar-refractivity contribution is 6.03. The topological polar surface area (TPSA) is 79.9 Å². The number of aromatic hydroxyl groups is 1. The Morgan fingerprint density at radius 1 is 1.19 bits per heavy atom. The monoisotopic (exact) mass is 284 g/mol. The third kappa shape index (κ3) is 2.53. The number of hydrogen-bond acceptors (Lipinski definition) is 4. The maximum Gasteiger partial charge on any atom is 0.336 e. The Balaban J connectivity index is 1.92. The number of aromatic carboxylic acids is 1. The van der Waals surface area contributed by atoms with Crippen LogP contribution in [0.2, 0.25) is 0 Å². The van der Waals surface area contributed by atoms with Crippen LogP contribution in [0.5, 0.6) is 11.5 Å². The van der Waals surface area contributed by atoms with E-state index in [1.54, 1.807) is 30.3 Å². The predicted octanol–water partition coefficient (Wildman–Crippen LogP) is 3.42. The van der Waals surface area contributed by atoms with E-state index >= 15 is 0 Å². The Kier molecular flexibility index (Phi) is 3.23. The van der Waals surface area contributed by atoms with Gasteiger partial charge in [-0.1, -0.05) is 12.1 Å². The lowest BCUT2D eigenvalue weighted by Crippen LogP contribution is -2.00. The molecule has 1 aromatic heterocycles. The summed E-state index contributed by atoms with van der Waals surface area (Å²) in [6, 6.07) is 11.3. The fraction of sp³-hybridized carbons (Fsp3) is 0.0625. The zero-order valence-corrected chi connectivity index (χ0v) is 10.9. The molecule has 2 N–H and O–H groups in total. The van der Waals surface area contributed by atoms with Crippen molar-refractivity contribution in [3.63, 3.8) is 0 Å². The summed E-state index contributed by atoms with van der Waals surface area (Å²) in [5.74, 6) is -0.409. The second-order valence-electron chi connectivity index (χ2n) is 4.53. The first kappa shape index (κ1) is 13.1. The summed E-state index contributed by atoms with van der Waals surface area (Å²) in [5.41, 5.74) is 1.33. The number of phenols is 1. The van der Waals surface area contributed by atoms with Crippen LogP contribution in [0.25, 0.3) is 11.0 Å². The number of ether oxygens (including phenoxy) is 1. The van der Waals surface area contributed by atoms with Crippen LogP contribution in [-0.4, -0.2) is 16.2 Å². The van der Waals surface area contributed by atoms with E-state index in [9.17, 15) is 15.0 Å². The average Bonchev–Trinajstić information content (AvgIpc) is 2.88. The highest BCUT2D eigenvalue weighted by Gasteiger charge is 2.15. The van der Waals surface area contributed by atoms with Crippen LogP contribution in [0.15, 0.2) is 53.1 Å². The SMILES string of the molecule is O=C(O)c1cccc2occ(COc3cccc(O)c3)c12. The number of furan rings is 1. The molecule has 0 spiro atoms. The largest absolute Gasteiger partial charge is 0.508 e. The summed E-state index contributed by atoms with van der Waals surface area (Å²) < 4.78 is 10.9. The van der Waals surface area contributed by atoms with E-state index in [1.807, 2.05) is 0 Å². The minimum Gasteiger partial charge on any atom is -0.508 e. The van der Waals surface area contributed by atoms with E-state index in [2.05, 4.69) is 0 Å². The molecule has 0 fully saturated rings. The minimum absolute atomic E-state index is 0.107. The molecule has 0 amide bonds. The second kappa shape index (κ2) is 5.20. The molecule has 5 nitrogen and oxygen atoms in total. The van der Waals surface area contributed by atoms with Gasteiger partial charge < -0.3 is 19.4 Å². The first-order chi connectivity index (χ1) is 10.1. The summed E-state index contributed by atoms with van der Waals surface area (Å²) in [4.78, 5) is 11.3. The van der Waals surface area contributed by atoms with Crippen LogP contribution in [-0.2, 0) is 6.61 Å². The maximum atomic E-state index is 11.3. The molecule has 0 saturated heterocycles. The van der Waals surface area contributed by atoms with Gasteiger partial charge in [-0.3, -0.25) is 0 Å². The first-order valence-electron chi connectivity index (χ1n) is 6.29. The molecule has 5 heteroatoms. The normalized spacial score (nSPS) is 10.7. The molecule has 0 saturated carbocycles. The zero-order valence-electron chi connectivity index (χ0n) is 10.9. The molecular formula is C16H12O5. The van der Waals surface area contributed by atoms with Crippen LogP contribution >= 0.6 is 0 Å². The van der Waals surface area contributed by atoms with Crippen molar-refractivity contribution in [3.8, 4) is 11.5 Å². The molecule has 21 heavy (non-hydrogen) atoms. The lowest BCUT2D eigenvalue weighted by Gasteiger charge is -2.06. The smallest absolute Gasteiger partial charge is 0.336 e. The number of hydrogen-bond donors (Lipinski definition) is 2. The van der Waals surface area contributed by atoms with E-state index in [-0.39, 0.29) is 17.9 Å². The molecule has 0 aliphatic heterocycles. The number of phenolic OH excluding ortho intramolecular Hbond substituents is 1. The van der Waals surface area contributed by atoms with Gasteiger partial charge in [-0.2, -0.15) is 0 Å². The van der Waals surface area contributed by atoms with Crippen molar-refractivity contribution in [1.82, 2.24) is 0 Å². The molecule has 106 valence electrons. The van der Waals surface area contributed by atoms with Crippen LogP contribution in [0.3, 0.4) is 0 Å². The first-order valence-corrected chi connectivity index (χ1v) is 6.29. The molecule has 3 rings (SSSR count). The lowest BCUT2D eigenvalue weighted by atomic mass is 10.1. The van der Waals surface area contributed by atoms with Crippen molar-refractivity contribution in [2.24, 2.45) is 0 Å². The fourth-order valence-corrected chi connectivity index (χ4v) is 2.17. The van der Waals surface area contributed by atoms with Crippen molar-refractivity contribution in [2.45, 2.75) is 6.61 Å². The Morgan fingerprint density at radius 3 is 2.76 bits per heavy atom. The van der Waals surface area contributed by atoms with Crippen molar-refractivity contribution >= 4 is 16.9 Å². The highest BCUT2D eigenvalue weighted by atomic mass is 16.5. The maximum absolute atomic E-state index is 11.3. The van der Waals surface area contributed by atoms with Gasteiger partial charge in [0.2, 0.25) is 0 Å². The number of benzene rings is 2. The average molecular weight is 284 g/mol. The molecule has 1 heterocycles. The second-order valence-corrected chi connectivity index (χ2v) is 4.53. The van der Waals surface area contributed by atoms with E-state index in [4.69, 9.17) is 9.15 Å². The molecule has 2 aromatic carbocycles. The number of carboxylic acids is 1. The highest BCUT2D eigenvalue weighted by Crippen LogP contribution is 2.27. The summed E-state index contributed by atoms with van der Waals surface area (Å²) in [7, 11) is 0. The van der Waals surface area contributed by atoms with Gasteiger partial charge in [0.15, 0.2) is 0 Å². The van der Waals surface area contributed by atoms with Crippen LogP contribution in [0, 0.1) is 0 Å². The Bertz CT molecular complexity index is 803. The van der Waals surface area contributed by atoms with E-state index < -0.39 is 5.97 Å². The Labute approximate surface area is 120 Å². The molecule has 0 unspecified atom stereocenters. The quantitative estimate of drug-likeness (QED) is 0.767. The van der Waals surface area contributed by atoms with Gasteiger partial charge >= 0.3 is 5.97 Å². The van der Waals surface area contributed by atoms with E-state index in [1.165, 1.54) is 18.4 Å². The summed E-state index contributed by atoms with van der Waals surface area (Å²) in [5, 5.41) is 19.1. The van der Waals surface area contributed by atoms with Gasteiger partial charge in [0, 0.05) is 17.0 Å². The molecular weight excluding hydrogens is 272 g/mol. The van der Waals surface area contributed by atoms with Crippen molar-refractivity contribution < 1.29 is 24.2 Å². The molecule has 0 radical (unpaired) electrons. The van der Waals surface area contributed by atoms with Crippen molar-refractivity contribution in [3.05, 3.63) is 59.9 Å². The van der Waals surface area contributed by atoms with Crippen molar-refractivity contribution in [2.75, 3.05) is 0 Å². The predicted molar refractivity (Wildman–Crippen MR) is 75.6 cm³/mol. The molecule has 0 aliphatic rings. The van der Waals surface area contributed by atoms with Gasteiger partial charge in [-0.05, 0) is 24.3 Å². The number of carbonyl (C=O) groups is 1. The van der Waals surface area contributed by atoms with Crippen LogP contribution < -0.4 is 4.74 Å². The molecule has 0 aliphatic carbocycles. The van der Waals surface area contributed by atoms with Gasteiger partial charge in [0.25, 0.3) is 0 Å². The molecule has 0 bridgehead atoms. The van der Waals surface area contributed by atoms with Crippen molar-refractivity contribution in [1.29, 1.82) is 0 Å². The Morgan fingerprint density at radius 2 is 2.00 bits per heavy atom.